The number of fused-ring (bicyclic) bond motifs is 1. The Morgan fingerprint density at radius 3 is 2.40 bits per heavy atom. The number of phenolic OH excluding ortho intramolecular Hbond substituents is 1. The average molecular weight is 339 g/mol. The Morgan fingerprint density at radius 2 is 1.72 bits per heavy atom. The second-order valence-corrected chi connectivity index (χ2v) is 5.32. The number of hydrogen-bond acceptors (Lipinski definition) is 5. The topological polar surface area (TPSA) is 117 Å². The fraction of sp³-hybridized carbons (Fsp3) is 0.0556. The minimum atomic E-state index is -1.38. The van der Waals surface area contributed by atoms with Crippen LogP contribution >= 0.6 is 0 Å². The van der Waals surface area contributed by atoms with Crippen LogP contribution in [0.5, 0.6) is 5.75 Å². The summed E-state index contributed by atoms with van der Waals surface area (Å²) in [5.41, 5.74) is -0.559. The first-order valence-corrected chi connectivity index (χ1v) is 7.31. The first kappa shape index (κ1) is 16.3. The summed E-state index contributed by atoms with van der Waals surface area (Å²) in [4.78, 5) is 35.8. The van der Waals surface area contributed by atoms with Crippen LogP contribution < -0.4 is 10.9 Å². The van der Waals surface area contributed by atoms with E-state index in [1.54, 1.807) is 24.3 Å². The average Bonchev–Trinajstić information content (AvgIpc) is 2.59. The highest BCUT2D eigenvalue weighted by Crippen LogP contribution is 2.18. The highest BCUT2D eigenvalue weighted by Gasteiger charge is 2.24. The van der Waals surface area contributed by atoms with Crippen LogP contribution in [0.15, 0.2) is 63.8 Å². The van der Waals surface area contributed by atoms with Crippen molar-refractivity contribution in [2.75, 3.05) is 0 Å². The van der Waals surface area contributed by atoms with Gasteiger partial charge in [-0.2, -0.15) is 0 Å². The molecule has 0 radical (unpaired) electrons. The third-order valence-electron chi connectivity index (χ3n) is 3.63. The number of rotatable bonds is 4. The van der Waals surface area contributed by atoms with Crippen LogP contribution in [-0.4, -0.2) is 22.1 Å². The van der Waals surface area contributed by atoms with Crippen molar-refractivity contribution in [2.45, 2.75) is 6.04 Å². The van der Waals surface area contributed by atoms with Gasteiger partial charge in [-0.3, -0.25) is 4.79 Å². The number of para-hydroxylation sites is 1. The van der Waals surface area contributed by atoms with E-state index in [-0.39, 0.29) is 16.9 Å². The van der Waals surface area contributed by atoms with Crippen molar-refractivity contribution in [2.24, 2.45) is 0 Å². The Kier molecular flexibility index (Phi) is 4.21. The van der Waals surface area contributed by atoms with E-state index in [0.717, 1.165) is 0 Å². The molecule has 0 aliphatic carbocycles. The van der Waals surface area contributed by atoms with E-state index in [0.29, 0.717) is 11.0 Å². The molecule has 0 aliphatic rings. The third kappa shape index (κ3) is 3.35. The van der Waals surface area contributed by atoms with Crippen LogP contribution in [-0.2, 0) is 4.79 Å². The van der Waals surface area contributed by atoms with Crippen LogP contribution in [0.4, 0.5) is 0 Å². The summed E-state index contributed by atoms with van der Waals surface area (Å²) in [7, 11) is 0. The molecule has 0 fully saturated rings. The molecule has 0 saturated carbocycles. The molecule has 0 spiro atoms. The van der Waals surface area contributed by atoms with Gasteiger partial charge in [0.25, 0.3) is 5.91 Å². The summed E-state index contributed by atoms with van der Waals surface area (Å²) in [6.07, 6.45) is 0. The molecule has 7 heteroatoms. The monoisotopic (exact) mass is 339 g/mol. The normalized spacial score (nSPS) is 11.8. The van der Waals surface area contributed by atoms with Crippen LogP contribution in [0.2, 0.25) is 0 Å². The van der Waals surface area contributed by atoms with Crippen molar-refractivity contribution < 1.29 is 24.2 Å². The Balaban J connectivity index is 1.94. The number of amides is 1. The first-order chi connectivity index (χ1) is 12.0. The fourth-order valence-electron chi connectivity index (χ4n) is 2.38. The number of carbonyl (C=O) groups is 2. The van der Waals surface area contributed by atoms with Gasteiger partial charge in [-0.05, 0) is 29.8 Å². The quantitative estimate of drug-likeness (QED) is 0.626. The molecule has 7 nitrogen and oxygen atoms in total. The standard InChI is InChI=1S/C18H13NO6/c20-12-7-5-10(6-8-12)15(17(22)23)19-16(21)13-9-11-3-1-2-4-14(11)25-18(13)24/h1-9,15,20H,(H,19,21)(H,22,23). The van der Waals surface area contributed by atoms with Crippen molar-refractivity contribution in [3.05, 3.63) is 76.1 Å². The molecule has 0 saturated heterocycles. The van der Waals surface area contributed by atoms with Crippen molar-refractivity contribution in [1.29, 1.82) is 0 Å². The van der Waals surface area contributed by atoms with Gasteiger partial charge in [-0.15, -0.1) is 0 Å². The SMILES string of the molecule is O=C(NC(C(=O)O)c1ccc(O)cc1)c1cc2ccccc2oc1=O. The molecule has 1 amide bonds. The summed E-state index contributed by atoms with van der Waals surface area (Å²) < 4.78 is 5.08. The minimum absolute atomic E-state index is 0.0330. The van der Waals surface area contributed by atoms with Crippen molar-refractivity contribution in [3.8, 4) is 5.75 Å². The maximum atomic E-state index is 12.4. The molecule has 1 unspecified atom stereocenters. The van der Waals surface area contributed by atoms with E-state index in [9.17, 15) is 24.6 Å². The highest BCUT2D eigenvalue weighted by molar-refractivity contribution is 5.98. The van der Waals surface area contributed by atoms with Gasteiger partial charge in [0.15, 0.2) is 6.04 Å². The molecule has 1 atom stereocenters. The van der Waals surface area contributed by atoms with Crippen molar-refractivity contribution in [3.63, 3.8) is 0 Å². The number of aromatic hydroxyl groups is 1. The number of nitrogens with one attached hydrogen (secondary N) is 1. The van der Waals surface area contributed by atoms with E-state index >= 15 is 0 Å². The molecule has 3 aromatic rings. The number of carboxylic acid groups (broad SMARTS) is 1. The van der Waals surface area contributed by atoms with E-state index in [1.807, 2.05) is 0 Å². The molecule has 126 valence electrons. The molecule has 1 aromatic heterocycles. The molecule has 1 heterocycles. The second-order valence-electron chi connectivity index (χ2n) is 5.32. The lowest BCUT2D eigenvalue weighted by Gasteiger charge is -2.14. The maximum Gasteiger partial charge on any atom is 0.349 e. The van der Waals surface area contributed by atoms with Gasteiger partial charge in [-0.1, -0.05) is 30.3 Å². The van der Waals surface area contributed by atoms with Gasteiger partial charge in [0.1, 0.15) is 16.9 Å². The lowest BCUT2D eigenvalue weighted by molar-refractivity contribution is -0.139. The van der Waals surface area contributed by atoms with Crippen LogP contribution in [0.1, 0.15) is 22.0 Å². The Hall–Kier alpha value is -3.61. The molecule has 2 aromatic carbocycles. The Labute approximate surface area is 141 Å². The molecular weight excluding hydrogens is 326 g/mol. The number of carbonyl (C=O) groups excluding carboxylic acids is 1. The molecular formula is C18H13NO6. The van der Waals surface area contributed by atoms with Crippen LogP contribution in [0, 0.1) is 0 Å². The Bertz CT molecular complexity index is 1010. The lowest BCUT2D eigenvalue weighted by Crippen LogP contribution is -2.36. The number of phenols is 1. The van der Waals surface area contributed by atoms with E-state index < -0.39 is 23.5 Å². The Morgan fingerprint density at radius 1 is 1.04 bits per heavy atom. The first-order valence-electron chi connectivity index (χ1n) is 7.31. The van der Waals surface area contributed by atoms with Gasteiger partial charge in [-0.25, -0.2) is 9.59 Å². The largest absolute Gasteiger partial charge is 0.508 e. The van der Waals surface area contributed by atoms with Gasteiger partial charge >= 0.3 is 11.6 Å². The summed E-state index contributed by atoms with van der Waals surface area (Å²) in [5.74, 6) is -2.20. The predicted molar refractivity (Wildman–Crippen MR) is 88.4 cm³/mol. The number of aliphatic carboxylic acids is 1. The van der Waals surface area contributed by atoms with E-state index in [2.05, 4.69) is 5.32 Å². The highest BCUT2D eigenvalue weighted by atomic mass is 16.4. The maximum absolute atomic E-state index is 12.4. The van der Waals surface area contributed by atoms with Gasteiger partial charge in [0.05, 0.1) is 0 Å². The summed E-state index contributed by atoms with van der Waals surface area (Å²) >= 11 is 0. The zero-order valence-electron chi connectivity index (χ0n) is 12.8. The van der Waals surface area contributed by atoms with Crippen molar-refractivity contribution >= 4 is 22.8 Å². The number of benzene rings is 2. The summed E-state index contributed by atoms with van der Waals surface area (Å²) in [5, 5.41) is 21.5. The van der Waals surface area contributed by atoms with Crippen LogP contribution in [0.3, 0.4) is 0 Å². The fourth-order valence-corrected chi connectivity index (χ4v) is 2.38. The minimum Gasteiger partial charge on any atom is -0.508 e. The molecule has 3 rings (SSSR count). The summed E-state index contributed by atoms with van der Waals surface area (Å²) in [6.45, 7) is 0. The zero-order valence-corrected chi connectivity index (χ0v) is 12.8. The lowest BCUT2D eigenvalue weighted by atomic mass is 10.1. The predicted octanol–water partition coefficient (Wildman–Crippen LogP) is 2.05. The number of carboxylic acids is 1. The van der Waals surface area contributed by atoms with E-state index in [4.69, 9.17) is 4.42 Å². The van der Waals surface area contributed by atoms with Crippen molar-refractivity contribution in [1.82, 2.24) is 5.32 Å². The zero-order chi connectivity index (χ0) is 18.0. The molecule has 0 bridgehead atoms. The molecule has 0 aliphatic heterocycles. The third-order valence-corrected chi connectivity index (χ3v) is 3.63. The van der Waals surface area contributed by atoms with E-state index in [1.165, 1.54) is 30.3 Å². The smallest absolute Gasteiger partial charge is 0.349 e. The number of hydrogen-bond donors (Lipinski definition) is 3. The van der Waals surface area contributed by atoms with Gasteiger partial charge < -0.3 is 19.9 Å². The molecule has 3 N–H and O–H groups in total. The van der Waals surface area contributed by atoms with Crippen LogP contribution in [0.25, 0.3) is 11.0 Å². The second kappa shape index (κ2) is 6.48. The molecule has 25 heavy (non-hydrogen) atoms. The summed E-state index contributed by atoms with van der Waals surface area (Å²) in [6, 6.07) is 12.0. The van der Waals surface area contributed by atoms with Gasteiger partial charge in [0.2, 0.25) is 0 Å². The van der Waals surface area contributed by atoms with Gasteiger partial charge in [0, 0.05) is 5.39 Å².